The first-order valence-corrected chi connectivity index (χ1v) is 5.54. The minimum atomic E-state index is -0.244. The maximum absolute atomic E-state index is 11.2. The molecule has 1 aliphatic rings. The van der Waals surface area contributed by atoms with Gasteiger partial charge in [-0.3, -0.25) is 5.32 Å². The molecule has 0 fully saturated rings. The van der Waals surface area contributed by atoms with Crippen LogP contribution in [0.25, 0.3) is 0 Å². The van der Waals surface area contributed by atoms with Gasteiger partial charge in [0.15, 0.2) is 0 Å². The van der Waals surface area contributed by atoms with Crippen LogP contribution in [-0.4, -0.2) is 16.0 Å². The third kappa shape index (κ3) is 2.08. The Balaban J connectivity index is 1.86. The number of aromatic nitrogens is 2. The number of hydrogen-bond donors (Lipinski definition) is 3. The van der Waals surface area contributed by atoms with Crippen molar-refractivity contribution in [2.45, 2.75) is 6.54 Å². The van der Waals surface area contributed by atoms with Crippen LogP contribution in [0.5, 0.6) is 0 Å². The van der Waals surface area contributed by atoms with Crippen LogP contribution in [0.4, 0.5) is 22.2 Å². The van der Waals surface area contributed by atoms with Gasteiger partial charge in [0.05, 0.1) is 0 Å². The van der Waals surface area contributed by atoms with Crippen LogP contribution in [0.1, 0.15) is 5.56 Å². The molecule has 3 N–H and O–H groups in total. The lowest BCUT2D eigenvalue weighted by Crippen LogP contribution is -2.34. The Labute approximate surface area is 103 Å². The van der Waals surface area contributed by atoms with E-state index in [1.807, 2.05) is 30.3 Å². The van der Waals surface area contributed by atoms with Crippen molar-refractivity contribution < 1.29 is 4.79 Å². The van der Waals surface area contributed by atoms with Gasteiger partial charge >= 0.3 is 6.03 Å². The van der Waals surface area contributed by atoms with E-state index in [1.165, 1.54) is 0 Å². The molecule has 1 aromatic heterocycles. The second-order valence-electron chi connectivity index (χ2n) is 3.87. The van der Waals surface area contributed by atoms with Crippen LogP contribution < -0.4 is 16.0 Å². The predicted molar refractivity (Wildman–Crippen MR) is 67.6 cm³/mol. The molecule has 18 heavy (non-hydrogen) atoms. The van der Waals surface area contributed by atoms with Gasteiger partial charge < -0.3 is 10.6 Å². The number of nitrogens with zero attached hydrogens (tertiary/aromatic N) is 2. The lowest BCUT2D eigenvalue weighted by Gasteiger charge is -2.17. The van der Waals surface area contributed by atoms with Gasteiger partial charge in [0.1, 0.15) is 5.82 Å². The summed E-state index contributed by atoms with van der Waals surface area (Å²) in [6.45, 7) is 0.451. The van der Waals surface area contributed by atoms with Crippen molar-refractivity contribution in [2.75, 3.05) is 10.6 Å². The second kappa shape index (κ2) is 4.33. The molecular weight excluding hydrogens is 230 g/mol. The summed E-state index contributed by atoms with van der Waals surface area (Å²) < 4.78 is 0. The number of benzene rings is 1. The lowest BCUT2D eigenvalue weighted by molar-refractivity contribution is 0.250. The van der Waals surface area contributed by atoms with E-state index in [2.05, 4.69) is 25.9 Å². The average molecular weight is 241 g/mol. The Morgan fingerprint density at radius 1 is 1.22 bits per heavy atom. The van der Waals surface area contributed by atoms with Gasteiger partial charge in [0, 0.05) is 24.0 Å². The maximum Gasteiger partial charge on any atom is 0.320 e. The van der Waals surface area contributed by atoms with E-state index >= 15 is 0 Å². The zero-order valence-electron chi connectivity index (χ0n) is 9.47. The summed E-state index contributed by atoms with van der Waals surface area (Å²) in [5.74, 6) is 1.01. The first kappa shape index (κ1) is 10.5. The summed E-state index contributed by atoms with van der Waals surface area (Å²) in [5, 5.41) is 8.38. The molecule has 1 aliphatic heterocycles. The Morgan fingerprint density at radius 2 is 2.06 bits per heavy atom. The Morgan fingerprint density at radius 3 is 2.89 bits per heavy atom. The number of carbonyl (C=O) groups is 1. The molecule has 0 saturated carbocycles. The van der Waals surface area contributed by atoms with Crippen LogP contribution in [0.15, 0.2) is 36.5 Å². The average Bonchev–Trinajstić information content (AvgIpc) is 2.39. The van der Waals surface area contributed by atoms with Gasteiger partial charge in [-0.25, -0.2) is 9.78 Å². The first-order valence-electron chi connectivity index (χ1n) is 5.54. The van der Waals surface area contributed by atoms with Crippen LogP contribution in [0.3, 0.4) is 0 Å². The van der Waals surface area contributed by atoms with Crippen molar-refractivity contribution in [3.8, 4) is 0 Å². The number of urea groups is 1. The Hall–Kier alpha value is -2.63. The predicted octanol–water partition coefficient (Wildman–Crippen LogP) is 1.86. The molecule has 6 nitrogen and oxygen atoms in total. The molecule has 0 aliphatic carbocycles. The zero-order valence-corrected chi connectivity index (χ0v) is 9.47. The van der Waals surface area contributed by atoms with Crippen molar-refractivity contribution in [1.29, 1.82) is 0 Å². The number of carbonyl (C=O) groups excluding carboxylic acids is 1. The highest BCUT2D eigenvalue weighted by atomic mass is 16.2. The monoisotopic (exact) mass is 241 g/mol. The summed E-state index contributed by atoms with van der Waals surface area (Å²) >= 11 is 0. The fraction of sp³-hybridized carbons (Fsp3) is 0.0833. The second-order valence-corrected chi connectivity index (χ2v) is 3.87. The van der Waals surface area contributed by atoms with Gasteiger partial charge in [-0.1, -0.05) is 18.2 Å². The van der Waals surface area contributed by atoms with E-state index in [1.54, 1.807) is 6.20 Å². The van der Waals surface area contributed by atoms with E-state index < -0.39 is 0 Å². The standard InChI is InChI=1S/C12H11N5O/c18-12-14-7-8-6-13-11(16-10(8)17-12)15-9-4-2-1-3-5-9/h1-6H,7H2,(H3,13,14,15,16,17,18). The van der Waals surface area contributed by atoms with Gasteiger partial charge in [0.25, 0.3) is 0 Å². The van der Waals surface area contributed by atoms with Gasteiger partial charge in [-0.05, 0) is 12.1 Å². The van der Waals surface area contributed by atoms with Gasteiger partial charge in [-0.15, -0.1) is 0 Å². The van der Waals surface area contributed by atoms with Crippen LogP contribution >= 0.6 is 0 Å². The molecule has 2 heterocycles. The molecule has 90 valence electrons. The van der Waals surface area contributed by atoms with Gasteiger partial charge in [0.2, 0.25) is 5.95 Å². The highest BCUT2D eigenvalue weighted by Crippen LogP contribution is 2.19. The third-order valence-corrected chi connectivity index (χ3v) is 2.57. The van der Waals surface area contributed by atoms with E-state index in [-0.39, 0.29) is 6.03 Å². The van der Waals surface area contributed by atoms with Crippen molar-refractivity contribution >= 4 is 23.5 Å². The number of amides is 2. The van der Waals surface area contributed by atoms with E-state index in [0.29, 0.717) is 18.3 Å². The molecule has 2 amide bonds. The molecule has 2 aromatic rings. The van der Waals surface area contributed by atoms with Crippen LogP contribution in [0, 0.1) is 0 Å². The zero-order chi connectivity index (χ0) is 12.4. The van der Waals surface area contributed by atoms with Crippen molar-refractivity contribution in [3.05, 3.63) is 42.1 Å². The molecule has 1 aromatic carbocycles. The molecule has 0 unspecified atom stereocenters. The van der Waals surface area contributed by atoms with Crippen molar-refractivity contribution in [1.82, 2.24) is 15.3 Å². The molecule has 6 heteroatoms. The van der Waals surface area contributed by atoms with Crippen molar-refractivity contribution in [2.24, 2.45) is 0 Å². The minimum absolute atomic E-state index is 0.244. The maximum atomic E-state index is 11.2. The van der Waals surface area contributed by atoms with Crippen molar-refractivity contribution in [3.63, 3.8) is 0 Å². The third-order valence-electron chi connectivity index (χ3n) is 2.57. The normalized spacial score (nSPS) is 13.2. The fourth-order valence-electron chi connectivity index (χ4n) is 1.68. The number of rotatable bonds is 2. The van der Waals surface area contributed by atoms with Gasteiger partial charge in [-0.2, -0.15) is 4.98 Å². The fourth-order valence-corrected chi connectivity index (χ4v) is 1.68. The molecule has 0 spiro atoms. The summed E-state index contributed by atoms with van der Waals surface area (Å²) in [5.41, 5.74) is 1.77. The summed E-state index contributed by atoms with van der Waals surface area (Å²) in [7, 11) is 0. The van der Waals surface area contributed by atoms with Crippen LogP contribution in [0.2, 0.25) is 0 Å². The minimum Gasteiger partial charge on any atom is -0.334 e. The van der Waals surface area contributed by atoms with E-state index in [0.717, 1.165) is 11.3 Å². The Bertz CT molecular complexity index is 584. The molecule has 0 atom stereocenters. The highest BCUT2D eigenvalue weighted by molar-refractivity contribution is 5.91. The molecule has 0 bridgehead atoms. The number of anilines is 3. The number of fused-ring (bicyclic) bond motifs is 1. The lowest BCUT2D eigenvalue weighted by atomic mass is 10.3. The SMILES string of the molecule is O=C1NCc2cnc(Nc3ccccc3)nc2N1. The topological polar surface area (TPSA) is 78.9 Å². The molecule has 3 rings (SSSR count). The molecule has 0 radical (unpaired) electrons. The smallest absolute Gasteiger partial charge is 0.320 e. The molecule has 0 saturated heterocycles. The Kier molecular flexibility index (Phi) is 2.53. The highest BCUT2D eigenvalue weighted by Gasteiger charge is 2.15. The summed E-state index contributed by atoms with van der Waals surface area (Å²) in [6, 6.07) is 9.38. The summed E-state index contributed by atoms with van der Waals surface area (Å²) in [6.07, 6.45) is 1.69. The van der Waals surface area contributed by atoms with E-state index in [9.17, 15) is 4.79 Å². The largest absolute Gasteiger partial charge is 0.334 e. The van der Waals surface area contributed by atoms with Crippen LogP contribution in [-0.2, 0) is 6.54 Å². The first-order chi connectivity index (χ1) is 8.81. The molecular formula is C12H11N5O. The quantitative estimate of drug-likeness (QED) is 0.749. The number of para-hydroxylation sites is 1. The number of nitrogens with one attached hydrogen (secondary N) is 3. The van der Waals surface area contributed by atoms with E-state index in [4.69, 9.17) is 0 Å². The summed E-state index contributed by atoms with van der Waals surface area (Å²) in [4.78, 5) is 19.7. The number of hydrogen-bond acceptors (Lipinski definition) is 4.